The molecule has 30 heavy (non-hydrogen) atoms. The first kappa shape index (κ1) is 19.8. The molecule has 0 aliphatic rings. The zero-order valence-electron chi connectivity index (χ0n) is 17.6. The van der Waals surface area contributed by atoms with E-state index >= 15 is 0 Å². The van der Waals surface area contributed by atoms with Crippen molar-refractivity contribution in [2.45, 2.75) is 33.2 Å². The van der Waals surface area contributed by atoms with Crippen LogP contribution in [0.25, 0.3) is 11.0 Å². The number of aromatic nitrogens is 2. The summed E-state index contributed by atoms with van der Waals surface area (Å²) in [6, 6.07) is 13.7. The van der Waals surface area contributed by atoms with Gasteiger partial charge in [0.1, 0.15) is 17.2 Å². The van der Waals surface area contributed by atoms with E-state index < -0.39 is 0 Å². The van der Waals surface area contributed by atoms with Gasteiger partial charge in [0, 0.05) is 17.0 Å². The lowest BCUT2D eigenvalue weighted by Gasteiger charge is -2.17. The van der Waals surface area contributed by atoms with Gasteiger partial charge in [-0.05, 0) is 55.7 Å². The number of fused-ring (bicyclic) bond motifs is 1. The van der Waals surface area contributed by atoms with Crippen molar-refractivity contribution in [3.63, 3.8) is 0 Å². The van der Waals surface area contributed by atoms with E-state index in [1.165, 1.54) is 0 Å². The van der Waals surface area contributed by atoms with Crippen LogP contribution in [0.5, 0.6) is 5.75 Å². The van der Waals surface area contributed by atoms with Gasteiger partial charge >= 0.3 is 0 Å². The highest BCUT2D eigenvalue weighted by atomic mass is 16.5. The Kier molecular flexibility index (Phi) is 5.31. The van der Waals surface area contributed by atoms with Gasteiger partial charge in [-0.3, -0.25) is 4.79 Å². The van der Waals surface area contributed by atoms with Crippen molar-refractivity contribution in [3.05, 3.63) is 77.2 Å². The van der Waals surface area contributed by atoms with Crippen LogP contribution in [0.4, 0.5) is 5.82 Å². The van der Waals surface area contributed by atoms with Crippen LogP contribution in [0.3, 0.4) is 0 Å². The van der Waals surface area contributed by atoms with Gasteiger partial charge in [0.15, 0.2) is 0 Å². The SMILES string of the molecule is COc1ccc(C(C)n2nccc2NC(=O)Cc2coc3cc(C)cc(C)c23)cc1. The number of rotatable bonds is 6. The molecule has 1 atom stereocenters. The molecule has 1 unspecified atom stereocenters. The molecule has 0 spiro atoms. The Labute approximate surface area is 175 Å². The average Bonchev–Trinajstić information content (AvgIpc) is 3.34. The standard InChI is InChI=1S/C24H25N3O3/c1-15-11-16(2)24-19(14-30-21(24)12-15)13-23(28)26-22-9-10-25-27(22)17(3)18-5-7-20(29-4)8-6-18/h5-12,14,17H,13H2,1-4H3,(H,26,28). The van der Waals surface area contributed by atoms with Crippen molar-refractivity contribution in [3.8, 4) is 5.75 Å². The number of benzene rings is 2. The predicted octanol–water partition coefficient (Wildman–Crippen LogP) is 5.05. The third-order valence-corrected chi connectivity index (χ3v) is 5.35. The lowest BCUT2D eigenvalue weighted by atomic mass is 10.0. The number of nitrogens with one attached hydrogen (secondary N) is 1. The minimum absolute atomic E-state index is 0.0406. The zero-order valence-corrected chi connectivity index (χ0v) is 17.6. The molecular weight excluding hydrogens is 378 g/mol. The Morgan fingerprint density at radius 1 is 1.20 bits per heavy atom. The van der Waals surface area contributed by atoms with Crippen molar-refractivity contribution in [2.24, 2.45) is 0 Å². The molecular formula is C24H25N3O3. The first-order chi connectivity index (χ1) is 14.5. The molecule has 6 heteroatoms. The van der Waals surface area contributed by atoms with Crippen LogP contribution in [-0.4, -0.2) is 22.8 Å². The molecule has 0 bridgehead atoms. The molecule has 154 valence electrons. The van der Waals surface area contributed by atoms with Crippen LogP contribution in [0, 0.1) is 13.8 Å². The van der Waals surface area contributed by atoms with E-state index in [2.05, 4.69) is 16.5 Å². The first-order valence-corrected chi connectivity index (χ1v) is 9.91. The third kappa shape index (κ3) is 3.81. The minimum atomic E-state index is -0.110. The quantitative estimate of drug-likeness (QED) is 0.489. The summed E-state index contributed by atoms with van der Waals surface area (Å²) in [4.78, 5) is 12.8. The molecule has 4 rings (SSSR count). The fourth-order valence-corrected chi connectivity index (χ4v) is 3.86. The van der Waals surface area contributed by atoms with Crippen LogP contribution < -0.4 is 10.1 Å². The van der Waals surface area contributed by atoms with Gasteiger partial charge in [-0.15, -0.1) is 0 Å². The number of methoxy groups -OCH3 is 1. The number of hydrogen-bond acceptors (Lipinski definition) is 4. The zero-order chi connectivity index (χ0) is 21.3. The van der Waals surface area contributed by atoms with E-state index in [-0.39, 0.29) is 18.4 Å². The number of anilines is 1. The van der Waals surface area contributed by atoms with Gasteiger partial charge in [0.05, 0.1) is 32.0 Å². The number of ether oxygens (including phenoxy) is 1. The summed E-state index contributed by atoms with van der Waals surface area (Å²) in [7, 11) is 1.64. The number of carbonyl (C=O) groups excluding carboxylic acids is 1. The maximum atomic E-state index is 12.8. The van der Waals surface area contributed by atoms with Crippen molar-refractivity contribution in [2.75, 3.05) is 12.4 Å². The van der Waals surface area contributed by atoms with Crippen molar-refractivity contribution in [1.82, 2.24) is 9.78 Å². The Balaban J connectivity index is 1.52. The van der Waals surface area contributed by atoms with Gasteiger partial charge in [-0.1, -0.05) is 18.2 Å². The number of hydrogen-bond donors (Lipinski definition) is 1. The minimum Gasteiger partial charge on any atom is -0.497 e. The normalized spacial score (nSPS) is 12.1. The average molecular weight is 403 g/mol. The van der Waals surface area contributed by atoms with E-state index in [1.807, 2.05) is 55.8 Å². The molecule has 0 aliphatic carbocycles. The summed E-state index contributed by atoms with van der Waals surface area (Å²) in [5.74, 6) is 1.35. The van der Waals surface area contributed by atoms with Gasteiger partial charge in [-0.2, -0.15) is 5.10 Å². The van der Waals surface area contributed by atoms with Gasteiger partial charge in [-0.25, -0.2) is 4.68 Å². The largest absolute Gasteiger partial charge is 0.497 e. The van der Waals surface area contributed by atoms with E-state index in [4.69, 9.17) is 9.15 Å². The van der Waals surface area contributed by atoms with E-state index in [1.54, 1.807) is 25.6 Å². The second kappa shape index (κ2) is 8.06. The van der Waals surface area contributed by atoms with Crippen molar-refractivity contribution in [1.29, 1.82) is 0 Å². The lowest BCUT2D eigenvalue weighted by molar-refractivity contribution is -0.115. The Morgan fingerprint density at radius 2 is 1.97 bits per heavy atom. The Bertz CT molecular complexity index is 1190. The number of nitrogens with zero attached hydrogens (tertiary/aromatic N) is 2. The maximum Gasteiger partial charge on any atom is 0.230 e. The number of furan rings is 1. The molecule has 0 radical (unpaired) electrons. The molecule has 2 aromatic heterocycles. The summed E-state index contributed by atoms with van der Waals surface area (Å²) < 4.78 is 12.7. The summed E-state index contributed by atoms with van der Waals surface area (Å²) in [6.45, 7) is 6.12. The topological polar surface area (TPSA) is 69.3 Å². The summed E-state index contributed by atoms with van der Waals surface area (Å²) in [5.41, 5.74) is 5.02. The summed E-state index contributed by atoms with van der Waals surface area (Å²) in [5, 5.41) is 8.41. The van der Waals surface area contributed by atoms with Crippen LogP contribution in [0.2, 0.25) is 0 Å². The second-order valence-electron chi connectivity index (χ2n) is 7.55. The number of amides is 1. The summed E-state index contributed by atoms with van der Waals surface area (Å²) in [6.07, 6.45) is 3.60. The van der Waals surface area contributed by atoms with Gasteiger partial charge in [0.2, 0.25) is 5.91 Å². The lowest BCUT2D eigenvalue weighted by Crippen LogP contribution is -2.19. The third-order valence-electron chi connectivity index (χ3n) is 5.35. The van der Waals surface area contributed by atoms with Crippen LogP contribution in [0.1, 0.15) is 35.2 Å². The highest BCUT2D eigenvalue weighted by Gasteiger charge is 2.17. The Hall–Kier alpha value is -3.54. The highest BCUT2D eigenvalue weighted by Crippen LogP contribution is 2.27. The maximum absolute atomic E-state index is 12.8. The van der Waals surface area contributed by atoms with Crippen LogP contribution >= 0.6 is 0 Å². The van der Waals surface area contributed by atoms with E-state index in [0.717, 1.165) is 39.0 Å². The monoisotopic (exact) mass is 403 g/mol. The molecule has 1 amide bonds. The van der Waals surface area contributed by atoms with Crippen molar-refractivity contribution >= 4 is 22.7 Å². The molecule has 2 aromatic carbocycles. The molecule has 6 nitrogen and oxygen atoms in total. The molecule has 0 fully saturated rings. The summed E-state index contributed by atoms with van der Waals surface area (Å²) >= 11 is 0. The van der Waals surface area contributed by atoms with Crippen LogP contribution in [0.15, 0.2) is 59.3 Å². The fraction of sp³-hybridized carbons (Fsp3) is 0.250. The molecule has 4 aromatic rings. The van der Waals surface area contributed by atoms with E-state index in [0.29, 0.717) is 5.82 Å². The number of carbonyl (C=O) groups is 1. The number of aryl methyl sites for hydroxylation is 2. The molecule has 2 heterocycles. The van der Waals surface area contributed by atoms with Crippen molar-refractivity contribution < 1.29 is 13.9 Å². The smallest absolute Gasteiger partial charge is 0.230 e. The molecule has 0 saturated carbocycles. The molecule has 0 aliphatic heterocycles. The highest BCUT2D eigenvalue weighted by molar-refractivity contribution is 5.95. The molecule has 1 N–H and O–H groups in total. The fourth-order valence-electron chi connectivity index (χ4n) is 3.86. The Morgan fingerprint density at radius 3 is 2.70 bits per heavy atom. The predicted molar refractivity (Wildman–Crippen MR) is 117 cm³/mol. The van der Waals surface area contributed by atoms with Gasteiger partial charge in [0.25, 0.3) is 0 Å². The van der Waals surface area contributed by atoms with Crippen LogP contribution in [-0.2, 0) is 11.2 Å². The van der Waals surface area contributed by atoms with E-state index in [9.17, 15) is 4.79 Å². The first-order valence-electron chi connectivity index (χ1n) is 9.91. The van der Waals surface area contributed by atoms with Gasteiger partial charge < -0.3 is 14.5 Å². The second-order valence-corrected chi connectivity index (χ2v) is 7.55. The molecule has 0 saturated heterocycles.